The molecule has 0 N–H and O–H groups in total. The van der Waals surface area contributed by atoms with Crippen LogP contribution in [0.5, 0.6) is 5.75 Å². The summed E-state index contributed by atoms with van der Waals surface area (Å²) in [6.07, 6.45) is 2.86. The van der Waals surface area contributed by atoms with E-state index in [0.29, 0.717) is 5.92 Å². The highest BCUT2D eigenvalue weighted by Gasteiger charge is 2.19. The summed E-state index contributed by atoms with van der Waals surface area (Å²) >= 11 is 3.79. The first-order chi connectivity index (χ1) is 9.72. The van der Waals surface area contributed by atoms with Crippen LogP contribution in [0.2, 0.25) is 0 Å². The van der Waals surface area contributed by atoms with Crippen LogP contribution < -0.4 is 4.74 Å². The Bertz CT molecular complexity index is 530. The average Bonchev–Trinajstić information content (AvgIpc) is 2.52. The standard InChI is InChI=1S/C17H20BrNO/c1-3-11-20-15-8-6-7-14(12-15)17(18)13(2)16-9-4-5-10-19-16/h4-10,12-13,17H,3,11H2,1-2H3. The van der Waals surface area contributed by atoms with Crippen molar-refractivity contribution in [3.8, 4) is 5.75 Å². The lowest BCUT2D eigenvalue weighted by Crippen LogP contribution is -2.04. The predicted octanol–water partition coefficient (Wildman–Crippen LogP) is 5.11. The maximum atomic E-state index is 5.69. The van der Waals surface area contributed by atoms with Crippen LogP contribution in [0.25, 0.3) is 0 Å². The highest BCUT2D eigenvalue weighted by molar-refractivity contribution is 9.09. The Kier molecular flexibility index (Phi) is 5.60. The maximum absolute atomic E-state index is 5.69. The number of alkyl halides is 1. The molecule has 0 fully saturated rings. The van der Waals surface area contributed by atoms with E-state index in [1.54, 1.807) is 0 Å². The van der Waals surface area contributed by atoms with Crippen LogP contribution in [0, 0.1) is 0 Å². The van der Waals surface area contributed by atoms with Crippen LogP contribution in [-0.2, 0) is 0 Å². The number of pyridine rings is 1. The smallest absolute Gasteiger partial charge is 0.119 e. The van der Waals surface area contributed by atoms with Crippen molar-refractivity contribution in [2.45, 2.75) is 31.0 Å². The summed E-state index contributed by atoms with van der Waals surface area (Å²) in [5.41, 5.74) is 2.31. The molecule has 2 aromatic rings. The molecule has 2 unspecified atom stereocenters. The van der Waals surface area contributed by atoms with E-state index in [2.05, 4.69) is 53.0 Å². The molecule has 2 nitrogen and oxygen atoms in total. The molecule has 0 amide bonds. The molecule has 0 aliphatic carbocycles. The van der Waals surface area contributed by atoms with Crippen molar-refractivity contribution in [2.75, 3.05) is 6.61 Å². The van der Waals surface area contributed by atoms with Gasteiger partial charge in [0.1, 0.15) is 5.75 Å². The van der Waals surface area contributed by atoms with Gasteiger partial charge in [-0.3, -0.25) is 4.98 Å². The highest BCUT2D eigenvalue weighted by Crippen LogP contribution is 2.37. The molecule has 0 aliphatic heterocycles. The van der Waals surface area contributed by atoms with Crippen LogP contribution in [0.4, 0.5) is 0 Å². The van der Waals surface area contributed by atoms with E-state index in [0.717, 1.165) is 24.5 Å². The Labute approximate surface area is 129 Å². The number of hydrogen-bond acceptors (Lipinski definition) is 2. The Morgan fingerprint density at radius 3 is 2.75 bits per heavy atom. The van der Waals surface area contributed by atoms with E-state index >= 15 is 0 Å². The maximum Gasteiger partial charge on any atom is 0.119 e. The van der Waals surface area contributed by atoms with Gasteiger partial charge in [0.2, 0.25) is 0 Å². The third-order valence-corrected chi connectivity index (χ3v) is 4.56. The normalized spacial score (nSPS) is 13.8. The van der Waals surface area contributed by atoms with Gasteiger partial charge in [-0.25, -0.2) is 0 Å². The average molecular weight is 334 g/mol. The van der Waals surface area contributed by atoms with E-state index in [9.17, 15) is 0 Å². The zero-order valence-corrected chi connectivity index (χ0v) is 13.5. The largest absolute Gasteiger partial charge is 0.494 e. The third kappa shape index (κ3) is 3.83. The minimum Gasteiger partial charge on any atom is -0.494 e. The second-order valence-corrected chi connectivity index (χ2v) is 5.85. The Hall–Kier alpha value is -1.35. The topological polar surface area (TPSA) is 22.1 Å². The van der Waals surface area contributed by atoms with Crippen molar-refractivity contribution in [2.24, 2.45) is 0 Å². The lowest BCUT2D eigenvalue weighted by Gasteiger charge is -2.19. The number of aromatic nitrogens is 1. The molecule has 0 radical (unpaired) electrons. The monoisotopic (exact) mass is 333 g/mol. The fourth-order valence-electron chi connectivity index (χ4n) is 2.08. The first-order valence-corrected chi connectivity index (χ1v) is 7.91. The van der Waals surface area contributed by atoms with Gasteiger partial charge >= 0.3 is 0 Å². The molecule has 106 valence electrons. The summed E-state index contributed by atoms with van der Waals surface area (Å²) in [5, 5.41) is 0. The summed E-state index contributed by atoms with van der Waals surface area (Å²) in [6.45, 7) is 5.05. The highest BCUT2D eigenvalue weighted by atomic mass is 79.9. The van der Waals surface area contributed by atoms with Crippen LogP contribution in [0.1, 0.15) is 42.3 Å². The second kappa shape index (κ2) is 7.44. The minimum atomic E-state index is 0.225. The van der Waals surface area contributed by atoms with Crippen molar-refractivity contribution in [3.63, 3.8) is 0 Å². The molecule has 0 bridgehead atoms. The van der Waals surface area contributed by atoms with Gasteiger partial charge in [-0.05, 0) is 36.2 Å². The molecule has 20 heavy (non-hydrogen) atoms. The van der Waals surface area contributed by atoms with E-state index in [1.807, 2.05) is 30.5 Å². The predicted molar refractivity (Wildman–Crippen MR) is 86.5 cm³/mol. The van der Waals surface area contributed by atoms with Gasteiger partial charge in [-0.1, -0.05) is 48.0 Å². The van der Waals surface area contributed by atoms with Crippen molar-refractivity contribution in [3.05, 3.63) is 59.9 Å². The van der Waals surface area contributed by atoms with Gasteiger partial charge in [0.05, 0.1) is 6.61 Å². The summed E-state index contributed by atoms with van der Waals surface area (Å²) in [4.78, 5) is 4.66. The van der Waals surface area contributed by atoms with Gasteiger partial charge in [0, 0.05) is 22.6 Å². The Balaban J connectivity index is 2.14. The second-order valence-electron chi connectivity index (χ2n) is 4.87. The van der Waals surface area contributed by atoms with Crippen molar-refractivity contribution >= 4 is 15.9 Å². The molecule has 1 aromatic carbocycles. The lowest BCUT2D eigenvalue weighted by molar-refractivity contribution is 0.317. The molecule has 3 heteroatoms. The number of nitrogens with zero attached hydrogens (tertiary/aromatic N) is 1. The van der Waals surface area contributed by atoms with Crippen molar-refractivity contribution in [1.29, 1.82) is 0 Å². The van der Waals surface area contributed by atoms with Gasteiger partial charge < -0.3 is 4.74 Å². The molecule has 2 rings (SSSR count). The fraction of sp³-hybridized carbons (Fsp3) is 0.353. The molecule has 2 atom stereocenters. The molecular weight excluding hydrogens is 314 g/mol. The molecule has 1 aromatic heterocycles. The molecular formula is C17H20BrNO. The van der Waals surface area contributed by atoms with Crippen LogP contribution in [0.3, 0.4) is 0 Å². The fourth-order valence-corrected chi connectivity index (χ4v) is 2.64. The van der Waals surface area contributed by atoms with Gasteiger partial charge in [-0.15, -0.1) is 0 Å². The SMILES string of the molecule is CCCOc1cccc(C(Br)C(C)c2ccccn2)c1. The lowest BCUT2D eigenvalue weighted by atomic mass is 9.97. The van der Waals surface area contributed by atoms with Crippen LogP contribution >= 0.6 is 15.9 Å². The summed E-state index contributed by atoms with van der Waals surface area (Å²) < 4.78 is 5.69. The molecule has 0 saturated heterocycles. The molecule has 0 spiro atoms. The molecule has 0 aliphatic rings. The number of ether oxygens (including phenoxy) is 1. The van der Waals surface area contributed by atoms with Gasteiger partial charge in [-0.2, -0.15) is 0 Å². The van der Waals surface area contributed by atoms with Crippen LogP contribution in [-0.4, -0.2) is 11.6 Å². The van der Waals surface area contributed by atoms with Crippen molar-refractivity contribution in [1.82, 2.24) is 4.98 Å². The summed E-state index contributed by atoms with van der Waals surface area (Å²) in [5.74, 6) is 1.24. The quantitative estimate of drug-likeness (QED) is 0.685. The molecule has 0 saturated carbocycles. The first-order valence-electron chi connectivity index (χ1n) is 7.00. The number of hydrogen-bond donors (Lipinski definition) is 0. The first kappa shape index (κ1) is 15.0. The Morgan fingerprint density at radius 1 is 1.20 bits per heavy atom. The van der Waals surface area contributed by atoms with E-state index in [-0.39, 0.29) is 4.83 Å². The van der Waals surface area contributed by atoms with Gasteiger partial charge in [0.25, 0.3) is 0 Å². The zero-order valence-electron chi connectivity index (χ0n) is 11.9. The van der Waals surface area contributed by atoms with E-state index in [4.69, 9.17) is 4.74 Å². The van der Waals surface area contributed by atoms with Gasteiger partial charge in [0.15, 0.2) is 0 Å². The summed E-state index contributed by atoms with van der Waals surface area (Å²) in [7, 11) is 0. The minimum absolute atomic E-state index is 0.225. The Morgan fingerprint density at radius 2 is 2.05 bits per heavy atom. The van der Waals surface area contributed by atoms with Crippen LogP contribution in [0.15, 0.2) is 48.7 Å². The van der Waals surface area contributed by atoms with Crippen molar-refractivity contribution < 1.29 is 4.74 Å². The summed E-state index contributed by atoms with van der Waals surface area (Å²) in [6, 6.07) is 14.3. The third-order valence-electron chi connectivity index (χ3n) is 3.24. The zero-order chi connectivity index (χ0) is 14.4. The molecule has 1 heterocycles. The number of benzene rings is 1. The van der Waals surface area contributed by atoms with E-state index in [1.165, 1.54) is 5.56 Å². The number of halogens is 1. The number of rotatable bonds is 6. The van der Waals surface area contributed by atoms with E-state index < -0.39 is 0 Å².